The molecule has 1 aliphatic heterocycles. The van der Waals surface area contributed by atoms with Crippen LogP contribution in [0.25, 0.3) is 0 Å². The van der Waals surface area contributed by atoms with Crippen molar-refractivity contribution in [1.29, 1.82) is 0 Å². The second-order valence-electron chi connectivity index (χ2n) is 6.96. The first kappa shape index (κ1) is 19.2. The van der Waals surface area contributed by atoms with E-state index in [4.69, 9.17) is 9.47 Å². The Kier molecular flexibility index (Phi) is 6.34. The van der Waals surface area contributed by atoms with Crippen molar-refractivity contribution in [1.82, 2.24) is 20.0 Å². The number of nitrogens with zero attached hydrogens (tertiary/aromatic N) is 4. The normalized spacial score (nSPS) is 18.0. The molecule has 1 fully saturated rings. The van der Waals surface area contributed by atoms with Gasteiger partial charge in [0.25, 0.3) is 0 Å². The second kappa shape index (κ2) is 8.90. The zero-order chi connectivity index (χ0) is 19.2. The number of aryl methyl sites for hydroxylation is 1. The molecular weight excluding hydrogens is 342 g/mol. The van der Waals surface area contributed by atoms with Crippen LogP contribution in [0.4, 0.5) is 0 Å². The number of benzene rings is 1. The maximum atomic E-state index is 5.92. The molecule has 1 saturated heterocycles. The summed E-state index contributed by atoms with van der Waals surface area (Å²) in [6.45, 7) is 7.01. The molecule has 1 aromatic carbocycles. The summed E-state index contributed by atoms with van der Waals surface area (Å²) in [5, 5.41) is 7.70. The van der Waals surface area contributed by atoms with Crippen LogP contribution in [0.2, 0.25) is 0 Å². The molecule has 0 bridgehead atoms. The molecule has 0 aliphatic carbocycles. The fraction of sp³-hybridized carbons (Fsp3) is 0.500. The van der Waals surface area contributed by atoms with Crippen LogP contribution in [0.5, 0.6) is 5.75 Å². The Hall–Kier alpha value is -2.54. The Morgan fingerprint density at radius 1 is 1.37 bits per heavy atom. The molecule has 146 valence electrons. The third kappa shape index (κ3) is 5.23. The zero-order valence-corrected chi connectivity index (χ0v) is 16.6. The van der Waals surface area contributed by atoms with E-state index in [-0.39, 0.29) is 12.2 Å². The van der Waals surface area contributed by atoms with Gasteiger partial charge in [-0.15, -0.1) is 0 Å². The van der Waals surface area contributed by atoms with E-state index in [0.29, 0.717) is 13.2 Å². The predicted octanol–water partition coefficient (Wildman–Crippen LogP) is 2.36. The number of nitrogens with one attached hydrogen (secondary N) is 1. The van der Waals surface area contributed by atoms with Crippen molar-refractivity contribution in [3.63, 3.8) is 0 Å². The van der Waals surface area contributed by atoms with Crippen molar-refractivity contribution in [2.75, 3.05) is 26.7 Å². The molecule has 1 aromatic heterocycles. The molecule has 2 aromatic rings. The highest BCUT2D eigenvalue weighted by atomic mass is 16.5. The molecule has 27 heavy (non-hydrogen) atoms. The second-order valence-corrected chi connectivity index (χ2v) is 6.96. The molecule has 0 radical (unpaired) electrons. The largest absolute Gasteiger partial charge is 0.491 e. The van der Waals surface area contributed by atoms with Gasteiger partial charge in [-0.1, -0.05) is 12.1 Å². The molecule has 7 heteroatoms. The lowest BCUT2D eigenvalue weighted by atomic mass is 10.1. The zero-order valence-electron chi connectivity index (χ0n) is 16.6. The van der Waals surface area contributed by atoms with E-state index in [0.717, 1.165) is 30.4 Å². The van der Waals surface area contributed by atoms with Gasteiger partial charge in [-0.05, 0) is 31.5 Å². The maximum absolute atomic E-state index is 5.92. The van der Waals surface area contributed by atoms with Crippen molar-refractivity contribution in [2.45, 2.75) is 32.6 Å². The highest BCUT2D eigenvalue weighted by molar-refractivity contribution is 5.80. The number of morpholine rings is 1. The van der Waals surface area contributed by atoms with Gasteiger partial charge >= 0.3 is 0 Å². The van der Waals surface area contributed by atoms with Crippen LogP contribution in [0.1, 0.15) is 31.1 Å². The first-order valence-electron chi connectivity index (χ1n) is 9.36. The molecule has 1 N–H and O–H groups in total. The predicted molar refractivity (Wildman–Crippen MR) is 106 cm³/mol. The van der Waals surface area contributed by atoms with Crippen LogP contribution < -0.4 is 10.1 Å². The molecule has 2 heterocycles. The first-order valence-corrected chi connectivity index (χ1v) is 9.36. The Balaban J connectivity index is 1.57. The molecule has 0 saturated carbocycles. The summed E-state index contributed by atoms with van der Waals surface area (Å²) in [5.41, 5.74) is 2.28. The summed E-state index contributed by atoms with van der Waals surface area (Å²) in [4.78, 5) is 6.68. The van der Waals surface area contributed by atoms with Crippen LogP contribution in [0, 0.1) is 0 Å². The van der Waals surface area contributed by atoms with Crippen molar-refractivity contribution in [2.24, 2.45) is 12.0 Å². The van der Waals surface area contributed by atoms with Crippen LogP contribution in [-0.2, 0) is 18.3 Å². The van der Waals surface area contributed by atoms with Crippen molar-refractivity contribution < 1.29 is 9.47 Å². The van der Waals surface area contributed by atoms with Gasteiger partial charge in [0.1, 0.15) is 11.9 Å². The molecule has 1 aliphatic rings. The van der Waals surface area contributed by atoms with Gasteiger partial charge < -0.3 is 19.7 Å². The SMILES string of the molecule is CN=C(NCc1ccc(OC(C)C)cc1)N1CCOC(c2cnn(C)c2)C1. The average molecular weight is 371 g/mol. The van der Waals surface area contributed by atoms with Gasteiger partial charge in [0.15, 0.2) is 5.96 Å². The number of ether oxygens (including phenoxy) is 2. The van der Waals surface area contributed by atoms with E-state index in [1.165, 1.54) is 5.56 Å². The van der Waals surface area contributed by atoms with Crippen LogP contribution in [0.3, 0.4) is 0 Å². The molecule has 0 spiro atoms. The summed E-state index contributed by atoms with van der Waals surface area (Å²) in [7, 11) is 3.73. The summed E-state index contributed by atoms with van der Waals surface area (Å²) in [6.07, 6.45) is 4.07. The summed E-state index contributed by atoms with van der Waals surface area (Å²) in [6, 6.07) is 8.17. The van der Waals surface area contributed by atoms with E-state index < -0.39 is 0 Å². The minimum Gasteiger partial charge on any atom is -0.491 e. The van der Waals surface area contributed by atoms with Crippen molar-refractivity contribution in [3.05, 3.63) is 47.8 Å². The quantitative estimate of drug-likeness (QED) is 0.646. The lowest BCUT2D eigenvalue weighted by Gasteiger charge is -2.34. The topological polar surface area (TPSA) is 63.9 Å². The number of rotatable bonds is 5. The van der Waals surface area contributed by atoms with Gasteiger partial charge in [0.2, 0.25) is 0 Å². The highest BCUT2D eigenvalue weighted by Gasteiger charge is 2.25. The average Bonchev–Trinajstić information content (AvgIpc) is 3.10. The number of hydrogen-bond donors (Lipinski definition) is 1. The monoisotopic (exact) mass is 371 g/mol. The van der Waals surface area contributed by atoms with Gasteiger partial charge in [0.05, 0.1) is 25.5 Å². The first-order chi connectivity index (χ1) is 13.0. The number of hydrogen-bond acceptors (Lipinski definition) is 4. The van der Waals surface area contributed by atoms with E-state index in [1.54, 1.807) is 4.68 Å². The molecular formula is C20H29N5O2. The van der Waals surface area contributed by atoms with Gasteiger partial charge in [-0.2, -0.15) is 5.10 Å². The molecule has 0 amide bonds. The number of aliphatic imine (C=N–C) groups is 1. The van der Waals surface area contributed by atoms with E-state index in [2.05, 4.69) is 32.4 Å². The third-order valence-corrected chi connectivity index (χ3v) is 4.42. The number of guanidine groups is 1. The Bertz CT molecular complexity index is 754. The summed E-state index contributed by atoms with van der Waals surface area (Å²) >= 11 is 0. The van der Waals surface area contributed by atoms with Gasteiger partial charge in [-0.3, -0.25) is 9.67 Å². The standard InChI is InChI=1S/C20H29N5O2/c1-15(2)27-18-7-5-16(6-8-18)11-22-20(21-3)25-9-10-26-19(14-25)17-12-23-24(4)13-17/h5-8,12-13,15,19H,9-11,14H2,1-4H3,(H,21,22). The number of aromatic nitrogens is 2. The molecule has 1 unspecified atom stereocenters. The lowest BCUT2D eigenvalue weighted by molar-refractivity contribution is -0.00805. The van der Waals surface area contributed by atoms with E-state index >= 15 is 0 Å². The molecule has 1 atom stereocenters. The lowest BCUT2D eigenvalue weighted by Crippen LogP contribution is -2.47. The van der Waals surface area contributed by atoms with Crippen LogP contribution in [-0.4, -0.2) is 53.5 Å². The fourth-order valence-electron chi connectivity index (χ4n) is 3.12. The Morgan fingerprint density at radius 3 is 2.78 bits per heavy atom. The third-order valence-electron chi connectivity index (χ3n) is 4.42. The molecule has 7 nitrogen and oxygen atoms in total. The van der Waals surface area contributed by atoms with Gasteiger partial charge in [0, 0.05) is 38.9 Å². The Labute approximate surface area is 161 Å². The van der Waals surface area contributed by atoms with Crippen LogP contribution in [0.15, 0.2) is 41.7 Å². The van der Waals surface area contributed by atoms with E-state index in [1.807, 2.05) is 52.5 Å². The maximum Gasteiger partial charge on any atom is 0.194 e. The van der Waals surface area contributed by atoms with Gasteiger partial charge in [-0.25, -0.2) is 0 Å². The van der Waals surface area contributed by atoms with Crippen LogP contribution >= 0.6 is 0 Å². The Morgan fingerprint density at radius 2 is 2.15 bits per heavy atom. The summed E-state index contributed by atoms with van der Waals surface area (Å²) in [5.74, 6) is 1.78. The molecule has 3 rings (SSSR count). The van der Waals surface area contributed by atoms with E-state index in [9.17, 15) is 0 Å². The van der Waals surface area contributed by atoms with Crippen molar-refractivity contribution >= 4 is 5.96 Å². The van der Waals surface area contributed by atoms with Crippen molar-refractivity contribution in [3.8, 4) is 5.75 Å². The highest BCUT2D eigenvalue weighted by Crippen LogP contribution is 2.21. The fourth-order valence-corrected chi connectivity index (χ4v) is 3.12. The summed E-state index contributed by atoms with van der Waals surface area (Å²) < 4.78 is 13.4. The minimum absolute atomic E-state index is 0.0125. The smallest absolute Gasteiger partial charge is 0.194 e. The minimum atomic E-state index is 0.0125.